The number of non-ortho nitro benzene ring substituents is 1. The molecular formula is C17H15N7O3. The van der Waals surface area contributed by atoms with Crippen LogP contribution in [-0.4, -0.2) is 29.9 Å². The highest BCUT2D eigenvalue weighted by Gasteiger charge is 2.18. The third-order valence-corrected chi connectivity index (χ3v) is 4.08. The fraction of sp³-hybridized carbons (Fsp3) is 0.176. The van der Waals surface area contributed by atoms with Crippen LogP contribution in [0.4, 0.5) is 11.6 Å². The minimum atomic E-state index is -0.441. The summed E-state index contributed by atoms with van der Waals surface area (Å²) < 4.78 is 7.28. The van der Waals surface area contributed by atoms with E-state index in [2.05, 4.69) is 20.3 Å². The molecule has 1 aromatic carbocycles. The predicted molar refractivity (Wildman–Crippen MR) is 96.8 cm³/mol. The molecule has 4 aromatic rings. The summed E-state index contributed by atoms with van der Waals surface area (Å²) in [7, 11) is 0. The Morgan fingerprint density at radius 2 is 2.11 bits per heavy atom. The quantitative estimate of drug-likeness (QED) is 0.420. The summed E-state index contributed by atoms with van der Waals surface area (Å²) in [5.74, 6) is 1.42. The standard InChI is InChI=1S/C17H15N7O3/c1-2-12-6-7-13(27-12)14-15-16(20-17(18)19-14)23(22-21-15)9-10-4-3-5-11(8-10)24(25)26/h3-8H,2,9H2,1H3,(H2,18,19,20). The molecule has 0 amide bonds. The van der Waals surface area contributed by atoms with Crippen LogP contribution in [0, 0.1) is 10.1 Å². The monoisotopic (exact) mass is 365 g/mol. The smallest absolute Gasteiger partial charge is 0.269 e. The molecule has 0 saturated heterocycles. The summed E-state index contributed by atoms with van der Waals surface area (Å²) in [6.45, 7) is 2.24. The number of rotatable bonds is 5. The number of fused-ring (bicyclic) bond motifs is 1. The SMILES string of the molecule is CCc1ccc(-c2nc(N)nc3c2nnn3Cc2cccc([N+](=O)[O-])c2)o1. The first-order valence-corrected chi connectivity index (χ1v) is 8.24. The van der Waals surface area contributed by atoms with E-state index in [4.69, 9.17) is 10.2 Å². The summed E-state index contributed by atoms with van der Waals surface area (Å²) in [6.07, 6.45) is 0.753. The van der Waals surface area contributed by atoms with Crippen molar-refractivity contribution >= 4 is 22.8 Å². The number of hydrogen-bond donors (Lipinski definition) is 1. The van der Waals surface area contributed by atoms with E-state index in [1.807, 2.05) is 13.0 Å². The first-order valence-electron chi connectivity index (χ1n) is 8.24. The average molecular weight is 365 g/mol. The Kier molecular flexibility index (Phi) is 3.99. The van der Waals surface area contributed by atoms with Crippen LogP contribution in [0.5, 0.6) is 0 Å². The number of nitrogens with two attached hydrogens (primary N) is 1. The number of benzene rings is 1. The number of anilines is 1. The van der Waals surface area contributed by atoms with Crippen LogP contribution in [0.15, 0.2) is 40.8 Å². The third-order valence-electron chi connectivity index (χ3n) is 4.08. The Morgan fingerprint density at radius 1 is 1.26 bits per heavy atom. The average Bonchev–Trinajstić information content (AvgIpc) is 3.29. The van der Waals surface area contributed by atoms with Crippen LogP contribution < -0.4 is 5.73 Å². The van der Waals surface area contributed by atoms with Crippen molar-refractivity contribution in [3.8, 4) is 11.5 Å². The van der Waals surface area contributed by atoms with Gasteiger partial charge in [0, 0.05) is 18.6 Å². The molecule has 0 radical (unpaired) electrons. The van der Waals surface area contributed by atoms with E-state index in [1.165, 1.54) is 16.8 Å². The lowest BCUT2D eigenvalue weighted by atomic mass is 10.2. The van der Waals surface area contributed by atoms with Gasteiger partial charge in [0.15, 0.2) is 16.9 Å². The topological polar surface area (TPSA) is 139 Å². The second kappa shape index (κ2) is 6.48. The maximum absolute atomic E-state index is 11.0. The van der Waals surface area contributed by atoms with E-state index in [0.29, 0.717) is 28.2 Å². The van der Waals surface area contributed by atoms with Gasteiger partial charge in [-0.15, -0.1) is 5.10 Å². The number of aryl methyl sites for hydroxylation is 1. The number of furan rings is 1. The van der Waals surface area contributed by atoms with Gasteiger partial charge in [0.05, 0.1) is 11.5 Å². The van der Waals surface area contributed by atoms with Gasteiger partial charge >= 0.3 is 0 Å². The zero-order valence-electron chi connectivity index (χ0n) is 14.4. The first-order chi connectivity index (χ1) is 13.0. The molecule has 4 rings (SSSR count). The molecule has 3 heterocycles. The second-order valence-corrected chi connectivity index (χ2v) is 5.90. The molecule has 0 aliphatic carbocycles. The van der Waals surface area contributed by atoms with E-state index in [1.54, 1.807) is 18.2 Å². The predicted octanol–water partition coefficient (Wildman–Crippen LogP) is 2.58. The molecule has 0 aliphatic heterocycles. The van der Waals surface area contributed by atoms with Gasteiger partial charge < -0.3 is 10.2 Å². The Morgan fingerprint density at radius 3 is 2.85 bits per heavy atom. The molecule has 0 saturated carbocycles. The summed E-state index contributed by atoms with van der Waals surface area (Å²) in [5.41, 5.74) is 7.91. The lowest BCUT2D eigenvalue weighted by molar-refractivity contribution is -0.384. The lowest BCUT2D eigenvalue weighted by Gasteiger charge is -2.04. The largest absolute Gasteiger partial charge is 0.459 e. The molecule has 0 fully saturated rings. The van der Waals surface area contributed by atoms with Gasteiger partial charge in [-0.2, -0.15) is 4.98 Å². The van der Waals surface area contributed by atoms with Crippen molar-refractivity contribution in [2.45, 2.75) is 19.9 Å². The van der Waals surface area contributed by atoms with Crippen molar-refractivity contribution in [3.63, 3.8) is 0 Å². The van der Waals surface area contributed by atoms with Crippen molar-refractivity contribution in [3.05, 3.63) is 57.8 Å². The van der Waals surface area contributed by atoms with Gasteiger partial charge in [0.25, 0.3) is 5.69 Å². The van der Waals surface area contributed by atoms with Crippen LogP contribution in [-0.2, 0) is 13.0 Å². The summed E-state index contributed by atoms with van der Waals surface area (Å²) >= 11 is 0. The molecular weight excluding hydrogens is 350 g/mol. The highest BCUT2D eigenvalue weighted by molar-refractivity contribution is 5.86. The van der Waals surface area contributed by atoms with Gasteiger partial charge in [-0.3, -0.25) is 10.1 Å². The molecule has 10 heteroatoms. The van der Waals surface area contributed by atoms with E-state index in [0.717, 1.165) is 12.2 Å². The number of hydrogen-bond acceptors (Lipinski definition) is 8. The number of nitro benzene ring substituents is 1. The molecule has 2 N–H and O–H groups in total. The van der Waals surface area contributed by atoms with Crippen LogP contribution in [0.3, 0.4) is 0 Å². The van der Waals surface area contributed by atoms with Gasteiger partial charge in [0.1, 0.15) is 11.5 Å². The van der Waals surface area contributed by atoms with Gasteiger partial charge in [0.2, 0.25) is 5.95 Å². The van der Waals surface area contributed by atoms with Crippen molar-refractivity contribution in [1.29, 1.82) is 0 Å². The van der Waals surface area contributed by atoms with Crippen LogP contribution in [0.25, 0.3) is 22.6 Å². The number of nitrogen functional groups attached to an aromatic ring is 1. The fourth-order valence-corrected chi connectivity index (χ4v) is 2.79. The van der Waals surface area contributed by atoms with E-state index >= 15 is 0 Å². The fourth-order valence-electron chi connectivity index (χ4n) is 2.79. The Bertz CT molecular complexity index is 1150. The number of nitro groups is 1. The lowest BCUT2D eigenvalue weighted by Crippen LogP contribution is -2.05. The number of nitrogens with zero attached hydrogens (tertiary/aromatic N) is 6. The van der Waals surface area contributed by atoms with E-state index < -0.39 is 4.92 Å². The maximum atomic E-state index is 11.0. The van der Waals surface area contributed by atoms with E-state index in [-0.39, 0.29) is 18.2 Å². The minimum absolute atomic E-state index is 0.00873. The summed E-state index contributed by atoms with van der Waals surface area (Å²) in [6, 6.07) is 9.98. The summed E-state index contributed by atoms with van der Waals surface area (Å²) in [5, 5.41) is 19.2. The van der Waals surface area contributed by atoms with Crippen LogP contribution in [0.2, 0.25) is 0 Å². The molecule has 27 heavy (non-hydrogen) atoms. The highest BCUT2D eigenvalue weighted by Crippen LogP contribution is 2.27. The maximum Gasteiger partial charge on any atom is 0.269 e. The molecule has 0 bridgehead atoms. The normalized spacial score (nSPS) is 11.1. The Labute approximate surface area is 152 Å². The molecule has 10 nitrogen and oxygen atoms in total. The van der Waals surface area contributed by atoms with E-state index in [9.17, 15) is 10.1 Å². The highest BCUT2D eigenvalue weighted by atomic mass is 16.6. The second-order valence-electron chi connectivity index (χ2n) is 5.90. The van der Waals surface area contributed by atoms with Crippen molar-refractivity contribution < 1.29 is 9.34 Å². The van der Waals surface area contributed by atoms with Crippen molar-refractivity contribution in [2.75, 3.05) is 5.73 Å². The van der Waals surface area contributed by atoms with Crippen molar-refractivity contribution in [1.82, 2.24) is 25.0 Å². The van der Waals surface area contributed by atoms with Crippen LogP contribution in [0.1, 0.15) is 18.2 Å². The van der Waals surface area contributed by atoms with Crippen molar-refractivity contribution in [2.24, 2.45) is 0 Å². The van der Waals surface area contributed by atoms with Gasteiger partial charge in [-0.05, 0) is 17.7 Å². The first kappa shape index (κ1) is 16.6. The Hall–Kier alpha value is -3.82. The number of aromatic nitrogens is 5. The van der Waals surface area contributed by atoms with Gasteiger partial charge in [-0.25, -0.2) is 9.67 Å². The summed E-state index contributed by atoms with van der Waals surface area (Å²) in [4.78, 5) is 19.0. The zero-order chi connectivity index (χ0) is 19.0. The molecule has 0 unspecified atom stereocenters. The molecule has 0 atom stereocenters. The van der Waals surface area contributed by atoms with Crippen LogP contribution >= 0.6 is 0 Å². The molecule has 0 spiro atoms. The third kappa shape index (κ3) is 3.08. The molecule has 136 valence electrons. The zero-order valence-corrected chi connectivity index (χ0v) is 14.4. The molecule has 3 aromatic heterocycles. The minimum Gasteiger partial charge on any atom is -0.459 e. The van der Waals surface area contributed by atoms with Gasteiger partial charge in [-0.1, -0.05) is 24.3 Å². The molecule has 0 aliphatic rings. The Balaban J connectivity index is 1.77.